The molecule has 13 rings (SSSR count). The minimum Gasteiger partial charge on any atom is -0.311 e. The molecule has 11 aromatic rings. The van der Waals surface area contributed by atoms with Crippen LogP contribution >= 0.6 is 11.3 Å². The zero-order chi connectivity index (χ0) is 38.6. The Balaban J connectivity index is 1.16. The maximum absolute atomic E-state index is 5.61. The lowest BCUT2D eigenvalue weighted by Crippen LogP contribution is -2.06. The van der Waals surface area contributed by atoms with Crippen LogP contribution in [0.5, 0.6) is 0 Å². The quantitative estimate of drug-likeness (QED) is 0.179. The van der Waals surface area contributed by atoms with Crippen LogP contribution in [0.15, 0.2) is 158 Å². The molecule has 0 atom stereocenters. The molecule has 0 radical (unpaired) electrons. The Labute approximate surface area is 344 Å². The van der Waals surface area contributed by atoms with Crippen LogP contribution in [-0.4, -0.2) is 19.1 Å². The molecule has 2 aliphatic rings. The van der Waals surface area contributed by atoms with Crippen molar-refractivity contribution in [1.29, 1.82) is 0 Å². The Morgan fingerprint density at radius 3 is 2.25 bits per heavy atom. The summed E-state index contributed by atoms with van der Waals surface area (Å²) in [7, 11) is 0. The maximum atomic E-state index is 5.61. The fourth-order valence-corrected chi connectivity index (χ4v) is 11.2. The molecule has 0 unspecified atom stereocenters. The Morgan fingerprint density at radius 1 is 0.525 bits per heavy atom. The van der Waals surface area contributed by atoms with E-state index in [1.807, 2.05) is 11.3 Å². The molecule has 0 spiro atoms. The number of allylic oxidation sites excluding steroid dienone is 2. The van der Waals surface area contributed by atoms with Crippen LogP contribution in [0.1, 0.15) is 35.2 Å². The lowest BCUT2D eigenvalue weighted by atomic mass is 9.94. The van der Waals surface area contributed by atoms with Gasteiger partial charge in [0.1, 0.15) is 0 Å². The second-order valence-electron chi connectivity index (χ2n) is 15.9. The fraction of sp³-hybridized carbons (Fsp3) is 0.0741. The van der Waals surface area contributed by atoms with Crippen molar-refractivity contribution < 1.29 is 0 Å². The van der Waals surface area contributed by atoms with E-state index in [0.29, 0.717) is 5.95 Å². The van der Waals surface area contributed by atoms with Gasteiger partial charge in [0, 0.05) is 64.2 Å². The van der Waals surface area contributed by atoms with Gasteiger partial charge in [0.2, 0.25) is 5.95 Å². The van der Waals surface area contributed by atoms with Gasteiger partial charge in [0.15, 0.2) is 0 Å². The van der Waals surface area contributed by atoms with Crippen LogP contribution in [0.25, 0.3) is 110 Å². The molecule has 0 amide bonds. The van der Waals surface area contributed by atoms with Crippen LogP contribution in [0.4, 0.5) is 0 Å². The summed E-state index contributed by atoms with van der Waals surface area (Å²) in [5.41, 5.74) is 15.4. The third kappa shape index (κ3) is 4.89. The first-order valence-corrected chi connectivity index (χ1v) is 21.4. The number of para-hydroxylation sites is 2. The number of thiophene rings is 1. The van der Waals surface area contributed by atoms with Gasteiger partial charge < -0.3 is 4.57 Å². The van der Waals surface area contributed by atoms with E-state index in [9.17, 15) is 0 Å². The van der Waals surface area contributed by atoms with Crippen molar-refractivity contribution in [2.45, 2.75) is 25.7 Å². The monoisotopic (exact) mass is 772 g/mol. The molecule has 0 aliphatic heterocycles. The minimum atomic E-state index is 0.678. The highest BCUT2D eigenvalue weighted by atomic mass is 32.1. The Morgan fingerprint density at radius 2 is 1.31 bits per heavy atom. The molecule has 4 nitrogen and oxygen atoms in total. The van der Waals surface area contributed by atoms with Crippen LogP contribution in [-0.2, 0) is 12.8 Å². The summed E-state index contributed by atoms with van der Waals surface area (Å²) in [4.78, 5) is 11.1. The van der Waals surface area contributed by atoms with Crippen molar-refractivity contribution in [3.63, 3.8) is 0 Å². The van der Waals surface area contributed by atoms with Gasteiger partial charge in [0.05, 0.1) is 27.8 Å². The van der Waals surface area contributed by atoms with Crippen molar-refractivity contribution in [1.82, 2.24) is 19.1 Å². The molecular formula is C54H36N4S. The predicted octanol–water partition coefficient (Wildman–Crippen LogP) is 14.3. The molecule has 0 saturated carbocycles. The highest BCUT2D eigenvalue weighted by Crippen LogP contribution is 2.45. The van der Waals surface area contributed by atoms with E-state index in [4.69, 9.17) is 9.97 Å². The van der Waals surface area contributed by atoms with E-state index in [1.54, 1.807) is 0 Å². The first-order valence-electron chi connectivity index (χ1n) is 20.6. The predicted molar refractivity (Wildman–Crippen MR) is 249 cm³/mol. The molecule has 4 heterocycles. The van der Waals surface area contributed by atoms with Crippen molar-refractivity contribution in [2.24, 2.45) is 0 Å². The van der Waals surface area contributed by atoms with Crippen molar-refractivity contribution >= 4 is 87.3 Å². The smallest absolute Gasteiger partial charge is 0.235 e. The highest BCUT2D eigenvalue weighted by Gasteiger charge is 2.26. The van der Waals surface area contributed by atoms with Gasteiger partial charge in [-0.3, -0.25) is 4.57 Å². The number of aromatic nitrogens is 4. The number of benzene rings is 7. The van der Waals surface area contributed by atoms with Crippen LogP contribution < -0.4 is 0 Å². The molecule has 4 aromatic heterocycles. The average Bonchev–Trinajstić information content (AvgIpc) is 3.96. The Kier molecular flexibility index (Phi) is 7.10. The topological polar surface area (TPSA) is 35.6 Å². The van der Waals surface area contributed by atoms with Gasteiger partial charge in [-0.15, -0.1) is 11.3 Å². The third-order valence-corrected chi connectivity index (χ3v) is 13.9. The summed E-state index contributed by atoms with van der Waals surface area (Å²) in [6.45, 7) is 0. The lowest BCUT2D eigenvalue weighted by molar-refractivity contribution is 0.888. The zero-order valence-corrected chi connectivity index (χ0v) is 33.0. The average molecular weight is 773 g/mol. The number of nitrogens with zero attached hydrogens (tertiary/aromatic N) is 4. The van der Waals surface area contributed by atoms with Crippen molar-refractivity contribution in [3.8, 4) is 34.0 Å². The zero-order valence-electron chi connectivity index (χ0n) is 32.2. The van der Waals surface area contributed by atoms with E-state index in [-0.39, 0.29) is 0 Å². The van der Waals surface area contributed by atoms with Crippen LogP contribution in [0, 0.1) is 0 Å². The van der Waals surface area contributed by atoms with Gasteiger partial charge in [0.25, 0.3) is 0 Å². The lowest BCUT2D eigenvalue weighted by Gasteiger charge is -2.16. The molecule has 0 N–H and O–H groups in total. The van der Waals surface area contributed by atoms with Crippen LogP contribution in [0.3, 0.4) is 0 Å². The summed E-state index contributed by atoms with van der Waals surface area (Å²) in [5, 5.41) is 7.30. The minimum absolute atomic E-state index is 0.678. The van der Waals surface area contributed by atoms with Crippen molar-refractivity contribution in [2.75, 3.05) is 0 Å². The number of aryl methyl sites for hydroxylation is 1. The molecule has 0 fully saturated rings. The molecule has 7 aromatic carbocycles. The molecule has 59 heavy (non-hydrogen) atoms. The summed E-state index contributed by atoms with van der Waals surface area (Å²) in [6.07, 6.45) is 13.3. The van der Waals surface area contributed by atoms with E-state index in [0.717, 1.165) is 58.9 Å². The molecular weight excluding hydrogens is 737 g/mol. The number of rotatable bonds is 4. The number of fused-ring (bicyclic) bond motifs is 12. The first-order chi connectivity index (χ1) is 29.3. The largest absolute Gasteiger partial charge is 0.311 e. The van der Waals surface area contributed by atoms with E-state index in [1.165, 1.54) is 81.0 Å². The van der Waals surface area contributed by atoms with Gasteiger partial charge in [-0.1, -0.05) is 127 Å². The summed E-state index contributed by atoms with van der Waals surface area (Å²) < 4.78 is 7.51. The van der Waals surface area contributed by atoms with Crippen molar-refractivity contribution in [3.05, 3.63) is 180 Å². The number of hydrogen-bond acceptors (Lipinski definition) is 3. The van der Waals surface area contributed by atoms with E-state index in [2.05, 4.69) is 179 Å². The standard InChI is InChI=1S/C54H36N4S/c1-2-15-37(16-3-1)57-47-23-10-7-17-39(47)41-28-29-42-45-32-35(38-20-12-21-43-40-18-8-11-24-49(40)59-53(38)43)27-30-48(45)58(52(42)51(41)57)54-55-46-22-9-6-19-44(46)50(56-54)36-26-25-33-13-4-5-14-34(33)31-36/h1-4,6-9,11-13,15-22,24-32H,5,10,14,23H2. The molecule has 278 valence electrons. The van der Waals surface area contributed by atoms with Gasteiger partial charge >= 0.3 is 0 Å². The van der Waals surface area contributed by atoms with Gasteiger partial charge in [-0.2, -0.15) is 0 Å². The molecule has 5 heteroatoms. The Hall–Kier alpha value is -7.08. The highest BCUT2D eigenvalue weighted by molar-refractivity contribution is 7.26. The Bertz CT molecular complexity index is 3620. The van der Waals surface area contributed by atoms with E-state index < -0.39 is 0 Å². The second kappa shape index (κ2) is 12.7. The third-order valence-electron chi connectivity index (χ3n) is 12.6. The summed E-state index contributed by atoms with van der Waals surface area (Å²) in [5.74, 6) is 0.678. The molecule has 0 saturated heterocycles. The van der Waals surface area contributed by atoms with Crippen LogP contribution in [0.2, 0.25) is 0 Å². The number of hydrogen-bond donors (Lipinski definition) is 0. The normalized spacial score (nSPS) is 13.7. The fourth-order valence-electron chi connectivity index (χ4n) is 9.98. The second-order valence-corrected chi connectivity index (χ2v) is 17.0. The van der Waals surface area contributed by atoms with E-state index >= 15 is 0 Å². The molecule has 0 bridgehead atoms. The summed E-state index contributed by atoms with van der Waals surface area (Å²) >= 11 is 1.88. The molecule has 2 aliphatic carbocycles. The SMILES string of the molecule is C1=Cc2ccc(-c3nc(-n4c5ccc(-c6cccc7c6sc6ccccc67)cc5c5ccc6c7c(n(-c8ccccc8)c6c54)CCC=C7)nc4ccccc34)cc2CC1. The summed E-state index contributed by atoms with van der Waals surface area (Å²) in [6, 6.07) is 53.4. The van der Waals surface area contributed by atoms with Gasteiger partial charge in [-0.05, 0) is 90.4 Å². The van der Waals surface area contributed by atoms with Gasteiger partial charge in [-0.25, -0.2) is 9.97 Å². The maximum Gasteiger partial charge on any atom is 0.235 e. The first kappa shape index (κ1) is 32.9.